The standard InChI is InChI=1S/C12H22F3NO3/c1-9-2-4-11(5-3-9)18-7-10(17)6-16-19-8-12(13,14)15/h9-11,16-17H,2-8H2,1H3. The minimum atomic E-state index is -4.37. The Balaban J connectivity index is 2.00. The SMILES string of the molecule is CC1CCC(OCC(O)CNOCC(F)(F)F)CC1. The number of aliphatic hydroxyl groups is 1. The number of hydroxylamine groups is 1. The van der Waals surface area contributed by atoms with E-state index in [0.29, 0.717) is 0 Å². The zero-order valence-electron chi connectivity index (χ0n) is 11.1. The fraction of sp³-hybridized carbons (Fsp3) is 1.00. The Morgan fingerprint density at radius 1 is 1.26 bits per heavy atom. The van der Waals surface area contributed by atoms with Gasteiger partial charge in [0.25, 0.3) is 0 Å². The van der Waals surface area contributed by atoms with Gasteiger partial charge in [-0.15, -0.1) is 0 Å². The summed E-state index contributed by atoms with van der Waals surface area (Å²) in [6.45, 7) is 0.856. The molecule has 114 valence electrons. The summed E-state index contributed by atoms with van der Waals surface area (Å²) in [6.07, 6.45) is -0.888. The van der Waals surface area contributed by atoms with Crippen LogP contribution in [0.15, 0.2) is 0 Å². The fourth-order valence-electron chi connectivity index (χ4n) is 1.99. The molecule has 0 aromatic heterocycles. The zero-order chi connectivity index (χ0) is 14.3. The van der Waals surface area contributed by atoms with Gasteiger partial charge in [0.05, 0.1) is 18.8 Å². The van der Waals surface area contributed by atoms with Crippen molar-refractivity contribution >= 4 is 0 Å². The lowest BCUT2D eigenvalue weighted by molar-refractivity contribution is -0.191. The van der Waals surface area contributed by atoms with Gasteiger partial charge in [-0.3, -0.25) is 4.84 Å². The molecule has 0 saturated heterocycles. The second-order valence-electron chi connectivity index (χ2n) is 5.12. The zero-order valence-corrected chi connectivity index (χ0v) is 11.1. The van der Waals surface area contributed by atoms with Crippen molar-refractivity contribution < 1.29 is 27.9 Å². The molecule has 4 nitrogen and oxygen atoms in total. The van der Waals surface area contributed by atoms with Crippen molar-refractivity contribution in [3.05, 3.63) is 0 Å². The number of hydrogen-bond donors (Lipinski definition) is 2. The van der Waals surface area contributed by atoms with E-state index in [1.54, 1.807) is 0 Å². The van der Waals surface area contributed by atoms with E-state index in [1.165, 1.54) is 0 Å². The van der Waals surface area contributed by atoms with Crippen molar-refractivity contribution in [3.63, 3.8) is 0 Å². The average Bonchev–Trinajstić information content (AvgIpc) is 2.33. The quantitative estimate of drug-likeness (QED) is 0.555. The maximum Gasteiger partial charge on any atom is 0.413 e. The van der Waals surface area contributed by atoms with Crippen LogP contribution in [0.25, 0.3) is 0 Å². The first-order chi connectivity index (χ1) is 8.87. The molecule has 1 unspecified atom stereocenters. The molecule has 0 amide bonds. The number of ether oxygens (including phenoxy) is 1. The number of rotatable bonds is 7. The summed E-state index contributed by atoms with van der Waals surface area (Å²) in [6, 6.07) is 0. The highest BCUT2D eigenvalue weighted by molar-refractivity contribution is 4.70. The van der Waals surface area contributed by atoms with Crippen molar-refractivity contribution in [1.29, 1.82) is 0 Å². The molecule has 2 N–H and O–H groups in total. The fourth-order valence-corrected chi connectivity index (χ4v) is 1.99. The molecule has 0 radical (unpaired) electrons. The summed E-state index contributed by atoms with van der Waals surface area (Å²) in [5.74, 6) is 0.724. The molecular formula is C12H22F3NO3. The first-order valence-corrected chi connectivity index (χ1v) is 6.58. The summed E-state index contributed by atoms with van der Waals surface area (Å²) < 4.78 is 40.8. The van der Waals surface area contributed by atoms with Gasteiger partial charge in [-0.2, -0.15) is 18.7 Å². The summed E-state index contributed by atoms with van der Waals surface area (Å²) in [4.78, 5) is 4.18. The Kier molecular flexibility index (Phi) is 7.06. The van der Waals surface area contributed by atoms with Crippen LogP contribution in [0.3, 0.4) is 0 Å². The van der Waals surface area contributed by atoms with Crippen molar-refractivity contribution in [2.24, 2.45) is 5.92 Å². The van der Waals surface area contributed by atoms with E-state index in [2.05, 4.69) is 17.2 Å². The van der Waals surface area contributed by atoms with Crippen molar-refractivity contribution in [2.75, 3.05) is 19.8 Å². The predicted molar refractivity (Wildman–Crippen MR) is 63.4 cm³/mol. The normalized spacial score (nSPS) is 26.4. The third-order valence-electron chi connectivity index (χ3n) is 3.14. The Labute approximate surface area is 111 Å². The molecule has 1 fully saturated rings. The molecule has 19 heavy (non-hydrogen) atoms. The van der Waals surface area contributed by atoms with E-state index in [4.69, 9.17) is 4.74 Å². The second kappa shape index (κ2) is 8.04. The molecule has 1 rings (SSSR count). The molecule has 0 aliphatic heterocycles. The maximum absolute atomic E-state index is 11.8. The molecule has 1 aliphatic carbocycles. The molecule has 0 heterocycles. The summed E-state index contributed by atoms with van der Waals surface area (Å²) >= 11 is 0. The molecule has 0 bridgehead atoms. The van der Waals surface area contributed by atoms with E-state index >= 15 is 0 Å². The van der Waals surface area contributed by atoms with Gasteiger partial charge in [-0.05, 0) is 31.6 Å². The Hall–Kier alpha value is -0.370. The van der Waals surface area contributed by atoms with E-state index in [9.17, 15) is 18.3 Å². The highest BCUT2D eigenvalue weighted by Gasteiger charge is 2.27. The van der Waals surface area contributed by atoms with E-state index in [-0.39, 0.29) is 19.3 Å². The largest absolute Gasteiger partial charge is 0.413 e. The lowest BCUT2D eigenvalue weighted by Gasteiger charge is -2.27. The minimum absolute atomic E-state index is 0.0841. The molecule has 1 aliphatic rings. The van der Waals surface area contributed by atoms with Crippen molar-refractivity contribution in [2.45, 2.75) is 51.0 Å². The van der Waals surface area contributed by atoms with Crippen LogP contribution in [0.5, 0.6) is 0 Å². The van der Waals surface area contributed by atoms with E-state index in [0.717, 1.165) is 31.6 Å². The number of halogens is 3. The summed E-state index contributed by atoms with van der Waals surface area (Å²) in [5.41, 5.74) is 2.09. The number of alkyl halides is 3. The number of nitrogens with one attached hydrogen (secondary N) is 1. The molecule has 7 heteroatoms. The highest BCUT2D eigenvalue weighted by Crippen LogP contribution is 2.25. The van der Waals surface area contributed by atoms with Gasteiger partial charge >= 0.3 is 6.18 Å². The van der Waals surface area contributed by atoms with Crippen LogP contribution in [0.4, 0.5) is 13.2 Å². The third-order valence-corrected chi connectivity index (χ3v) is 3.14. The highest BCUT2D eigenvalue weighted by atomic mass is 19.4. The van der Waals surface area contributed by atoms with Gasteiger partial charge < -0.3 is 9.84 Å². The molecule has 0 aromatic rings. The Bertz CT molecular complexity index is 243. The topological polar surface area (TPSA) is 50.7 Å². The van der Waals surface area contributed by atoms with Gasteiger partial charge in [-0.25, -0.2) is 0 Å². The Morgan fingerprint density at radius 2 is 1.89 bits per heavy atom. The average molecular weight is 285 g/mol. The van der Waals surface area contributed by atoms with E-state index < -0.39 is 18.9 Å². The summed E-state index contributed by atoms with van der Waals surface area (Å²) in [7, 11) is 0. The summed E-state index contributed by atoms with van der Waals surface area (Å²) in [5, 5.41) is 9.51. The first-order valence-electron chi connectivity index (χ1n) is 6.58. The number of aliphatic hydroxyl groups excluding tert-OH is 1. The minimum Gasteiger partial charge on any atom is -0.389 e. The van der Waals surface area contributed by atoms with Gasteiger partial charge in [0.2, 0.25) is 0 Å². The van der Waals surface area contributed by atoms with Crippen molar-refractivity contribution in [1.82, 2.24) is 5.48 Å². The van der Waals surface area contributed by atoms with Crippen LogP contribution in [-0.2, 0) is 9.57 Å². The first kappa shape index (κ1) is 16.7. The predicted octanol–water partition coefficient (Wildman–Crippen LogP) is 2.03. The third kappa shape index (κ3) is 8.41. The van der Waals surface area contributed by atoms with Gasteiger partial charge in [0, 0.05) is 6.54 Å². The molecule has 0 spiro atoms. The lowest BCUT2D eigenvalue weighted by Crippen LogP contribution is -2.34. The van der Waals surface area contributed by atoms with Crippen LogP contribution >= 0.6 is 0 Å². The monoisotopic (exact) mass is 285 g/mol. The maximum atomic E-state index is 11.8. The van der Waals surface area contributed by atoms with Crippen LogP contribution in [0.1, 0.15) is 32.6 Å². The number of hydrogen-bond acceptors (Lipinski definition) is 4. The van der Waals surface area contributed by atoms with Crippen LogP contribution in [0.2, 0.25) is 0 Å². The molecule has 1 atom stereocenters. The lowest BCUT2D eigenvalue weighted by atomic mass is 9.89. The van der Waals surface area contributed by atoms with E-state index in [1.807, 2.05) is 0 Å². The Morgan fingerprint density at radius 3 is 2.47 bits per heavy atom. The smallest absolute Gasteiger partial charge is 0.389 e. The van der Waals surface area contributed by atoms with Gasteiger partial charge in [-0.1, -0.05) is 6.92 Å². The molecule has 0 aromatic carbocycles. The van der Waals surface area contributed by atoms with Gasteiger partial charge in [0.1, 0.15) is 0 Å². The van der Waals surface area contributed by atoms with Crippen LogP contribution < -0.4 is 5.48 Å². The second-order valence-corrected chi connectivity index (χ2v) is 5.12. The van der Waals surface area contributed by atoms with Gasteiger partial charge in [0.15, 0.2) is 6.61 Å². The molecule has 1 saturated carbocycles. The van der Waals surface area contributed by atoms with Crippen molar-refractivity contribution in [3.8, 4) is 0 Å². The van der Waals surface area contributed by atoms with Crippen LogP contribution in [-0.4, -0.2) is 43.2 Å². The molecular weight excluding hydrogens is 263 g/mol. The van der Waals surface area contributed by atoms with Crippen LogP contribution in [0, 0.1) is 5.92 Å².